The summed E-state index contributed by atoms with van der Waals surface area (Å²) in [5.74, 6) is 0.569. The van der Waals surface area contributed by atoms with E-state index in [1.165, 1.54) is 5.56 Å². The van der Waals surface area contributed by atoms with Crippen LogP contribution in [0.4, 0.5) is 15.8 Å². The summed E-state index contributed by atoms with van der Waals surface area (Å²) in [4.78, 5) is 4.34. The van der Waals surface area contributed by atoms with Crippen LogP contribution in [0, 0.1) is 17.2 Å². The number of likely N-dealkylation sites (N-methyl/N-ethyl adjacent to an activating group) is 1. The second-order valence-electron chi connectivity index (χ2n) is 9.42. The Balaban J connectivity index is 1.46. The number of halogens is 1. The molecule has 0 saturated carbocycles. The summed E-state index contributed by atoms with van der Waals surface area (Å²) in [5, 5.41) is 12.9. The lowest BCUT2D eigenvalue weighted by atomic mass is 9.89. The van der Waals surface area contributed by atoms with E-state index in [0.29, 0.717) is 11.5 Å². The van der Waals surface area contributed by atoms with Gasteiger partial charge < -0.3 is 15.1 Å². The summed E-state index contributed by atoms with van der Waals surface area (Å²) in [6.45, 7) is 11.9. The first kappa shape index (κ1) is 24.3. The predicted molar refractivity (Wildman–Crippen MR) is 143 cm³/mol. The molecule has 2 aliphatic heterocycles. The Morgan fingerprint density at radius 3 is 2.71 bits per heavy atom. The summed E-state index contributed by atoms with van der Waals surface area (Å²) in [6, 6.07) is 16.0. The number of anilines is 2. The Kier molecular flexibility index (Phi) is 7.41. The molecule has 0 bridgehead atoms. The number of benzene rings is 2. The van der Waals surface area contributed by atoms with Gasteiger partial charge in [-0.05, 0) is 73.6 Å². The zero-order valence-electron chi connectivity index (χ0n) is 20.6. The highest BCUT2D eigenvalue weighted by Crippen LogP contribution is 2.34. The van der Waals surface area contributed by atoms with Crippen molar-refractivity contribution >= 4 is 11.4 Å². The number of hydrogen-bond acceptors (Lipinski definition) is 4. The van der Waals surface area contributed by atoms with Crippen molar-refractivity contribution in [3.63, 3.8) is 0 Å². The Morgan fingerprint density at radius 1 is 1.23 bits per heavy atom. The number of nitrogens with one attached hydrogen (secondary N) is 1. The molecule has 4 rings (SSSR count). The van der Waals surface area contributed by atoms with Crippen molar-refractivity contribution in [1.82, 2.24) is 4.90 Å². The van der Waals surface area contributed by atoms with Gasteiger partial charge >= 0.3 is 0 Å². The molecule has 0 amide bonds. The summed E-state index contributed by atoms with van der Waals surface area (Å²) in [6.07, 6.45) is 8.08. The van der Waals surface area contributed by atoms with Crippen molar-refractivity contribution in [1.29, 1.82) is 5.26 Å². The average molecular weight is 469 g/mol. The van der Waals surface area contributed by atoms with Crippen molar-refractivity contribution in [2.24, 2.45) is 5.92 Å². The molecule has 0 spiro atoms. The fourth-order valence-electron chi connectivity index (χ4n) is 4.81. The summed E-state index contributed by atoms with van der Waals surface area (Å²) < 4.78 is 13.7. The van der Waals surface area contributed by atoms with E-state index < -0.39 is 6.17 Å². The summed E-state index contributed by atoms with van der Waals surface area (Å²) >= 11 is 0. The first-order chi connectivity index (χ1) is 16.9. The molecule has 0 radical (unpaired) electrons. The van der Waals surface area contributed by atoms with Gasteiger partial charge in [-0.25, -0.2) is 4.39 Å². The molecule has 1 fully saturated rings. The van der Waals surface area contributed by atoms with Gasteiger partial charge in [0.25, 0.3) is 0 Å². The van der Waals surface area contributed by atoms with Crippen molar-refractivity contribution < 1.29 is 4.39 Å². The minimum atomic E-state index is -0.938. The molecular formula is C30H33FN4. The van der Waals surface area contributed by atoms with Gasteiger partial charge in [0, 0.05) is 43.3 Å². The number of rotatable bonds is 7. The van der Waals surface area contributed by atoms with Crippen molar-refractivity contribution in [3.05, 3.63) is 108 Å². The van der Waals surface area contributed by atoms with E-state index in [1.54, 1.807) is 6.92 Å². The van der Waals surface area contributed by atoms with Crippen molar-refractivity contribution in [3.8, 4) is 6.07 Å². The smallest absolute Gasteiger partial charge is 0.122 e. The van der Waals surface area contributed by atoms with Crippen LogP contribution in [-0.4, -0.2) is 25.0 Å². The lowest BCUT2D eigenvalue weighted by molar-refractivity contribution is 0.373. The highest BCUT2D eigenvalue weighted by Gasteiger charge is 2.23. The van der Waals surface area contributed by atoms with Crippen molar-refractivity contribution in [2.45, 2.75) is 32.4 Å². The molecule has 180 valence electrons. The predicted octanol–water partition coefficient (Wildman–Crippen LogP) is 6.87. The molecule has 35 heavy (non-hydrogen) atoms. The maximum atomic E-state index is 13.7. The molecule has 2 heterocycles. The van der Waals surface area contributed by atoms with Crippen LogP contribution in [0.2, 0.25) is 0 Å². The first-order valence-corrected chi connectivity index (χ1v) is 12.1. The van der Waals surface area contributed by atoms with Crippen LogP contribution in [0.25, 0.3) is 0 Å². The van der Waals surface area contributed by atoms with E-state index in [-0.39, 0.29) is 0 Å². The minimum Gasteiger partial charge on any atom is -0.370 e. The second kappa shape index (κ2) is 10.7. The minimum absolute atomic E-state index is 0.569. The Hall–Kier alpha value is -3.78. The third-order valence-corrected chi connectivity index (χ3v) is 6.94. The fraction of sp³-hybridized carbons (Fsp3) is 0.300. The second-order valence-corrected chi connectivity index (χ2v) is 9.42. The molecule has 1 unspecified atom stereocenters. The van der Waals surface area contributed by atoms with E-state index in [0.717, 1.165) is 66.3 Å². The number of nitriles is 1. The van der Waals surface area contributed by atoms with Crippen LogP contribution in [0.1, 0.15) is 42.6 Å². The average Bonchev–Trinajstić information content (AvgIpc) is 2.86. The normalized spacial score (nSPS) is 17.1. The van der Waals surface area contributed by atoms with E-state index in [1.807, 2.05) is 66.7 Å². The molecule has 4 nitrogen and oxygen atoms in total. The van der Waals surface area contributed by atoms with Gasteiger partial charge in [-0.3, -0.25) is 0 Å². The van der Waals surface area contributed by atoms with Crippen LogP contribution < -0.4 is 10.2 Å². The van der Waals surface area contributed by atoms with Crippen LogP contribution in [0.15, 0.2) is 90.9 Å². The van der Waals surface area contributed by atoms with Gasteiger partial charge in [-0.2, -0.15) is 5.26 Å². The van der Waals surface area contributed by atoms with Gasteiger partial charge in [0.2, 0.25) is 0 Å². The Bertz CT molecular complexity index is 1210. The van der Waals surface area contributed by atoms with Crippen LogP contribution >= 0.6 is 0 Å². The maximum absolute atomic E-state index is 13.7. The summed E-state index contributed by atoms with van der Waals surface area (Å²) in [7, 11) is 1.96. The standard InChI is InChI=1S/C30H33FN4/c1-21(31)27-8-5-7-25(18-27)17-24-12-15-35(16-13-24)30-11-10-26(20-32)19-29(30)33-22(2)28-9-6-14-34(4)23(28)3/h5-11,14,18-19,21,24,33H,2-3,12-13,15-17H2,1,4H3. The van der Waals surface area contributed by atoms with Gasteiger partial charge in [-0.1, -0.05) is 37.4 Å². The van der Waals surface area contributed by atoms with Gasteiger partial charge in [0.05, 0.1) is 23.0 Å². The molecule has 2 aromatic rings. The van der Waals surface area contributed by atoms with Gasteiger partial charge in [0.15, 0.2) is 0 Å². The lowest BCUT2D eigenvalue weighted by Crippen LogP contribution is -2.34. The highest BCUT2D eigenvalue weighted by molar-refractivity contribution is 5.75. The number of piperidine rings is 1. The lowest BCUT2D eigenvalue weighted by Gasteiger charge is -2.35. The van der Waals surface area contributed by atoms with E-state index in [2.05, 4.69) is 35.5 Å². The van der Waals surface area contributed by atoms with Gasteiger partial charge in [0.1, 0.15) is 6.17 Å². The first-order valence-electron chi connectivity index (χ1n) is 12.1. The molecule has 2 aliphatic rings. The third-order valence-electron chi connectivity index (χ3n) is 6.94. The maximum Gasteiger partial charge on any atom is 0.122 e. The molecule has 5 heteroatoms. The van der Waals surface area contributed by atoms with Crippen LogP contribution in [0.3, 0.4) is 0 Å². The Morgan fingerprint density at radius 2 is 2.00 bits per heavy atom. The highest BCUT2D eigenvalue weighted by atomic mass is 19.1. The van der Waals surface area contributed by atoms with E-state index in [4.69, 9.17) is 0 Å². The number of hydrogen-bond donors (Lipinski definition) is 1. The molecule has 2 aromatic carbocycles. The quantitative estimate of drug-likeness (QED) is 0.481. The molecule has 1 saturated heterocycles. The largest absolute Gasteiger partial charge is 0.370 e. The molecular weight excluding hydrogens is 435 g/mol. The third kappa shape index (κ3) is 5.66. The van der Waals surface area contributed by atoms with Crippen molar-refractivity contribution in [2.75, 3.05) is 30.4 Å². The number of allylic oxidation sites excluding steroid dienone is 2. The number of nitrogens with zero attached hydrogens (tertiary/aromatic N) is 3. The monoisotopic (exact) mass is 468 g/mol. The van der Waals surface area contributed by atoms with Crippen LogP contribution in [-0.2, 0) is 6.42 Å². The molecule has 0 aromatic heterocycles. The molecule has 0 aliphatic carbocycles. The zero-order valence-corrected chi connectivity index (χ0v) is 20.6. The zero-order chi connectivity index (χ0) is 24.9. The van der Waals surface area contributed by atoms with E-state index in [9.17, 15) is 9.65 Å². The van der Waals surface area contributed by atoms with Gasteiger partial charge in [-0.15, -0.1) is 0 Å². The van der Waals surface area contributed by atoms with E-state index >= 15 is 0 Å². The van der Waals surface area contributed by atoms with Crippen LogP contribution in [0.5, 0.6) is 0 Å². The SMILES string of the molecule is C=C(Nc1cc(C#N)ccc1N1CCC(Cc2cccc(C(C)F)c2)CC1)C1=CC=CN(C)C1=C. The molecule has 1 N–H and O–H groups in total. The number of alkyl halides is 1. The summed E-state index contributed by atoms with van der Waals surface area (Å²) in [5.41, 5.74) is 7.08. The molecule has 1 atom stereocenters. The fourth-order valence-corrected chi connectivity index (χ4v) is 4.81. The topological polar surface area (TPSA) is 42.3 Å². The Labute approximate surface area is 208 Å².